The summed E-state index contributed by atoms with van der Waals surface area (Å²) in [5.74, 6) is 1.81. The second kappa shape index (κ2) is 8.07. The minimum atomic E-state index is -0.0586. The Balaban J connectivity index is 1.26. The van der Waals surface area contributed by atoms with Gasteiger partial charge < -0.3 is 19.6 Å². The van der Waals surface area contributed by atoms with Crippen LogP contribution in [0.5, 0.6) is 5.75 Å². The lowest BCUT2D eigenvalue weighted by atomic mass is 9.94. The highest BCUT2D eigenvalue weighted by Gasteiger charge is 2.29. The summed E-state index contributed by atoms with van der Waals surface area (Å²) in [5, 5.41) is 9.70. The normalized spacial score (nSPS) is 27.5. The van der Waals surface area contributed by atoms with Crippen molar-refractivity contribution in [3.05, 3.63) is 29.8 Å². The molecule has 3 aliphatic heterocycles. The molecular formula is C21H32N2O2. The first kappa shape index (κ1) is 17.3. The van der Waals surface area contributed by atoms with E-state index in [1.54, 1.807) is 0 Å². The van der Waals surface area contributed by atoms with E-state index >= 15 is 0 Å². The van der Waals surface area contributed by atoms with E-state index in [1.165, 1.54) is 44.5 Å². The van der Waals surface area contributed by atoms with E-state index in [0.717, 1.165) is 50.8 Å². The average Bonchev–Trinajstić information content (AvgIpc) is 2.85. The lowest BCUT2D eigenvalue weighted by molar-refractivity contribution is 0.0360. The number of piperidine rings is 2. The van der Waals surface area contributed by atoms with Gasteiger partial charge in [-0.25, -0.2) is 0 Å². The summed E-state index contributed by atoms with van der Waals surface area (Å²) >= 11 is 0. The van der Waals surface area contributed by atoms with Gasteiger partial charge in [-0.05, 0) is 69.2 Å². The Hall–Kier alpha value is -1.10. The van der Waals surface area contributed by atoms with Crippen LogP contribution in [0.2, 0.25) is 0 Å². The van der Waals surface area contributed by atoms with Gasteiger partial charge in [-0.1, -0.05) is 18.2 Å². The molecule has 0 unspecified atom stereocenters. The van der Waals surface area contributed by atoms with Gasteiger partial charge >= 0.3 is 0 Å². The fraction of sp³-hybridized carbons (Fsp3) is 0.714. The maximum Gasteiger partial charge on any atom is 0.122 e. The molecule has 2 fully saturated rings. The smallest absolute Gasteiger partial charge is 0.122 e. The number of likely N-dealkylation sites (tertiary alicyclic amines) is 2. The van der Waals surface area contributed by atoms with Crippen molar-refractivity contribution in [3.8, 4) is 5.75 Å². The second-order valence-corrected chi connectivity index (χ2v) is 8.11. The molecule has 0 spiro atoms. The number of ether oxygens (including phenoxy) is 1. The molecule has 1 N–H and O–H groups in total. The molecule has 4 heteroatoms. The van der Waals surface area contributed by atoms with Crippen LogP contribution < -0.4 is 4.74 Å². The number of para-hydroxylation sites is 1. The molecule has 3 aliphatic rings. The van der Waals surface area contributed by atoms with Crippen molar-refractivity contribution in [2.45, 2.75) is 50.7 Å². The van der Waals surface area contributed by atoms with Crippen LogP contribution in [0.15, 0.2) is 24.3 Å². The van der Waals surface area contributed by atoms with Gasteiger partial charge in [0.25, 0.3) is 0 Å². The first-order chi connectivity index (χ1) is 12.3. The van der Waals surface area contributed by atoms with E-state index in [9.17, 15) is 5.11 Å². The van der Waals surface area contributed by atoms with Crippen LogP contribution in [0.25, 0.3) is 0 Å². The maximum atomic E-state index is 9.70. The van der Waals surface area contributed by atoms with Crippen molar-refractivity contribution < 1.29 is 9.84 Å². The number of aliphatic hydroxyl groups is 1. The number of benzene rings is 1. The highest BCUT2D eigenvalue weighted by Crippen LogP contribution is 2.28. The van der Waals surface area contributed by atoms with E-state index in [0.29, 0.717) is 5.92 Å². The number of hydrogen-bond acceptors (Lipinski definition) is 4. The molecule has 1 aromatic carbocycles. The molecule has 0 radical (unpaired) electrons. The Kier molecular flexibility index (Phi) is 5.59. The minimum absolute atomic E-state index is 0.0586. The third kappa shape index (κ3) is 4.36. The Morgan fingerprint density at radius 3 is 2.52 bits per heavy atom. The van der Waals surface area contributed by atoms with Gasteiger partial charge in [0.1, 0.15) is 5.75 Å². The van der Waals surface area contributed by atoms with Crippen molar-refractivity contribution in [2.24, 2.45) is 5.92 Å². The van der Waals surface area contributed by atoms with Gasteiger partial charge in [0, 0.05) is 25.7 Å². The van der Waals surface area contributed by atoms with Gasteiger partial charge in [0.2, 0.25) is 0 Å². The summed E-state index contributed by atoms with van der Waals surface area (Å²) < 4.78 is 5.93. The van der Waals surface area contributed by atoms with Gasteiger partial charge in [-0.3, -0.25) is 0 Å². The number of rotatable bonds is 3. The summed E-state index contributed by atoms with van der Waals surface area (Å²) in [6.07, 6.45) is 6.75. The van der Waals surface area contributed by atoms with Crippen LogP contribution in [0.1, 0.15) is 37.7 Å². The predicted molar refractivity (Wildman–Crippen MR) is 100 cm³/mol. The van der Waals surface area contributed by atoms with Crippen molar-refractivity contribution >= 4 is 0 Å². The van der Waals surface area contributed by atoms with Gasteiger partial charge in [0.05, 0.1) is 12.7 Å². The van der Waals surface area contributed by atoms with Crippen molar-refractivity contribution in [2.75, 3.05) is 39.3 Å². The SMILES string of the molecule is OC1CCN(C2CCN(C[C@@H]3CCOc4ccccc4C3)CC2)CC1. The summed E-state index contributed by atoms with van der Waals surface area (Å²) in [6, 6.07) is 9.28. The highest BCUT2D eigenvalue weighted by atomic mass is 16.5. The second-order valence-electron chi connectivity index (χ2n) is 8.11. The molecule has 1 aromatic rings. The zero-order valence-electron chi connectivity index (χ0n) is 15.3. The summed E-state index contributed by atoms with van der Waals surface area (Å²) in [6.45, 7) is 6.69. The topological polar surface area (TPSA) is 35.9 Å². The third-order valence-corrected chi connectivity index (χ3v) is 6.35. The minimum Gasteiger partial charge on any atom is -0.493 e. The molecule has 3 heterocycles. The number of aliphatic hydroxyl groups excluding tert-OH is 1. The first-order valence-corrected chi connectivity index (χ1v) is 10.1. The lowest BCUT2D eigenvalue weighted by Gasteiger charge is -2.41. The molecule has 0 aliphatic carbocycles. The Morgan fingerprint density at radius 1 is 0.960 bits per heavy atom. The fourth-order valence-corrected chi connectivity index (χ4v) is 4.80. The van der Waals surface area contributed by atoms with E-state index in [1.807, 2.05) is 0 Å². The molecule has 2 saturated heterocycles. The molecule has 0 amide bonds. The summed E-state index contributed by atoms with van der Waals surface area (Å²) in [5.41, 5.74) is 1.38. The Bertz CT molecular complexity index is 549. The van der Waals surface area contributed by atoms with Crippen LogP contribution >= 0.6 is 0 Å². The van der Waals surface area contributed by atoms with E-state index < -0.39 is 0 Å². The molecule has 0 saturated carbocycles. The van der Waals surface area contributed by atoms with Crippen molar-refractivity contribution in [1.82, 2.24) is 9.80 Å². The average molecular weight is 344 g/mol. The van der Waals surface area contributed by atoms with Crippen LogP contribution in [-0.2, 0) is 6.42 Å². The van der Waals surface area contributed by atoms with E-state index in [2.05, 4.69) is 34.1 Å². The molecule has 138 valence electrons. The molecule has 4 nitrogen and oxygen atoms in total. The van der Waals surface area contributed by atoms with Crippen LogP contribution in [-0.4, -0.2) is 66.4 Å². The highest BCUT2D eigenvalue weighted by molar-refractivity contribution is 5.34. The van der Waals surface area contributed by atoms with Crippen LogP contribution in [0, 0.1) is 5.92 Å². The molecule has 1 atom stereocenters. The Morgan fingerprint density at radius 2 is 1.72 bits per heavy atom. The number of nitrogens with zero attached hydrogens (tertiary/aromatic N) is 2. The number of fused-ring (bicyclic) bond motifs is 1. The van der Waals surface area contributed by atoms with Crippen LogP contribution in [0.3, 0.4) is 0 Å². The van der Waals surface area contributed by atoms with E-state index in [4.69, 9.17) is 4.74 Å². The van der Waals surface area contributed by atoms with Gasteiger partial charge in [-0.15, -0.1) is 0 Å². The number of hydrogen-bond donors (Lipinski definition) is 1. The molecule has 0 aromatic heterocycles. The van der Waals surface area contributed by atoms with Gasteiger partial charge in [-0.2, -0.15) is 0 Å². The van der Waals surface area contributed by atoms with Crippen LogP contribution in [0.4, 0.5) is 0 Å². The standard InChI is InChI=1S/C21H32N2O2/c24-20-7-12-23(13-8-20)19-5-10-22(11-6-19)16-17-9-14-25-21-4-2-1-3-18(21)15-17/h1-4,17,19-20,24H,5-16H2/t17-/m1/s1. The largest absolute Gasteiger partial charge is 0.493 e. The summed E-state index contributed by atoms with van der Waals surface area (Å²) in [7, 11) is 0. The quantitative estimate of drug-likeness (QED) is 0.914. The van der Waals surface area contributed by atoms with Crippen molar-refractivity contribution in [3.63, 3.8) is 0 Å². The molecular weight excluding hydrogens is 312 g/mol. The third-order valence-electron chi connectivity index (χ3n) is 6.35. The Labute approximate surface area is 151 Å². The first-order valence-electron chi connectivity index (χ1n) is 10.1. The zero-order chi connectivity index (χ0) is 17.1. The fourth-order valence-electron chi connectivity index (χ4n) is 4.80. The monoisotopic (exact) mass is 344 g/mol. The molecule has 4 rings (SSSR count). The van der Waals surface area contributed by atoms with Gasteiger partial charge in [0.15, 0.2) is 0 Å². The predicted octanol–water partition coefficient (Wildman–Crippen LogP) is 2.55. The maximum absolute atomic E-state index is 9.70. The molecule has 0 bridgehead atoms. The summed E-state index contributed by atoms with van der Waals surface area (Å²) in [4.78, 5) is 5.30. The van der Waals surface area contributed by atoms with Crippen molar-refractivity contribution in [1.29, 1.82) is 0 Å². The zero-order valence-corrected chi connectivity index (χ0v) is 15.3. The lowest BCUT2D eigenvalue weighted by Crippen LogP contribution is -2.49. The van der Waals surface area contributed by atoms with E-state index in [-0.39, 0.29) is 6.10 Å². The molecule has 25 heavy (non-hydrogen) atoms.